The van der Waals surface area contributed by atoms with Gasteiger partial charge in [0.05, 0.1) is 30.8 Å². The zero-order valence-corrected chi connectivity index (χ0v) is 26.5. The Labute approximate surface area is 260 Å². The highest BCUT2D eigenvalue weighted by molar-refractivity contribution is 5.94. The van der Waals surface area contributed by atoms with E-state index in [9.17, 15) is 10.1 Å². The third-order valence-electron chi connectivity index (χ3n) is 9.10. The van der Waals surface area contributed by atoms with Gasteiger partial charge in [-0.25, -0.2) is 4.79 Å². The molecule has 0 unspecified atom stereocenters. The van der Waals surface area contributed by atoms with E-state index in [0.717, 1.165) is 49.3 Å². The van der Waals surface area contributed by atoms with Gasteiger partial charge in [-0.2, -0.15) is 15.2 Å². The lowest BCUT2D eigenvalue weighted by Gasteiger charge is -2.46. The first-order valence-electron chi connectivity index (χ1n) is 15.7. The molecular weight excluding hydrogens is 554 g/mol. The number of carbonyl (C=O) groups is 1. The van der Waals surface area contributed by atoms with Crippen molar-refractivity contribution in [3.8, 4) is 12.1 Å². The SMILES string of the molecule is CN(C)C1(Oc2nc3c(c(N4CCN(C(=O)OC(C)(C)C)[C@@H](CC#N)C4)n2)CCN(c2cccc4ccccc24)C3)CCC1. The van der Waals surface area contributed by atoms with Crippen molar-refractivity contribution in [2.45, 2.75) is 76.8 Å². The number of ether oxygens (including phenoxy) is 2. The van der Waals surface area contributed by atoms with Crippen LogP contribution in [0.5, 0.6) is 6.01 Å². The quantitative estimate of drug-likeness (QED) is 0.348. The fourth-order valence-electron chi connectivity index (χ4n) is 6.56. The lowest BCUT2D eigenvalue weighted by atomic mass is 9.87. The molecule has 6 rings (SSSR count). The molecular formula is C34H43N7O3. The molecule has 2 aromatic carbocycles. The highest BCUT2D eigenvalue weighted by atomic mass is 16.6. The van der Waals surface area contributed by atoms with Gasteiger partial charge in [-0.1, -0.05) is 36.4 Å². The lowest BCUT2D eigenvalue weighted by Crippen LogP contribution is -2.57. The van der Waals surface area contributed by atoms with Gasteiger partial charge in [0, 0.05) is 55.7 Å². The van der Waals surface area contributed by atoms with Crippen LogP contribution in [0.25, 0.3) is 10.8 Å². The Kier molecular flexibility index (Phi) is 8.01. The van der Waals surface area contributed by atoms with Crippen LogP contribution >= 0.6 is 0 Å². The summed E-state index contributed by atoms with van der Waals surface area (Å²) >= 11 is 0. The van der Waals surface area contributed by atoms with Crippen molar-refractivity contribution in [1.82, 2.24) is 19.8 Å². The summed E-state index contributed by atoms with van der Waals surface area (Å²) in [7, 11) is 4.09. The van der Waals surface area contributed by atoms with Gasteiger partial charge >= 0.3 is 12.1 Å². The molecule has 0 bridgehead atoms. The van der Waals surface area contributed by atoms with Crippen LogP contribution < -0.4 is 14.5 Å². The smallest absolute Gasteiger partial charge is 0.410 e. The van der Waals surface area contributed by atoms with Crippen molar-refractivity contribution in [2.75, 3.05) is 50.1 Å². The Morgan fingerprint density at radius 1 is 1.07 bits per heavy atom. The van der Waals surface area contributed by atoms with Crippen molar-refractivity contribution in [3.05, 3.63) is 53.7 Å². The Hall–Kier alpha value is -4.10. The summed E-state index contributed by atoms with van der Waals surface area (Å²) in [4.78, 5) is 31.6. The van der Waals surface area contributed by atoms with Crippen LogP contribution in [0.2, 0.25) is 0 Å². The first-order valence-corrected chi connectivity index (χ1v) is 15.7. The standard InChI is InChI=1S/C34H43N7O3/c1-33(2,3)44-32(42)41-21-20-40(22-25(41)14-18-35)30-27-15-19-39(29-13-8-11-24-10-6-7-12-26(24)29)23-28(27)36-31(37-30)43-34(38(4)5)16-9-17-34/h6-8,10-13,25H,9,14-17,19-23H2,1-5H3/t25-/m0/s1. The van der Waals surface area contributed by atoms with Crippen LogP contribution in [0.1, 0.15) is 57.7 Å². The van der Waals surface area contributed by atoms with Gasteiger partial charge < -0.3 is 24.2 Å². The average Bonchev–Trinajstić information content (AvgIpc) is 2.97. The fraction of sp³-hybridized carbons (Fsp3) is 0.529. The van der Waals surface area contributed by atoms with E-state index < -0.39 is 11.3 Å². The predicted molar refractivity (Wildman–Crippen MR) is 171 cm³/mol. The molecule has 10 heteroatoms. The monoisotopic (exact) mass is 597 g/mol. The number of carbonyl (C=O) groups excluding carboxylic acids is 1. The van der Waals surface area contributed by atoms with E-state index in [0.29, 0.717) is 32.2 Å². The number of benzene rings is 2. The van der Waals surface area contributed by atoms with E-state index in [4.69, 9.17) is 19.4 Å². The molecule has 0 N–H and O–H groups in total. The molecule has 1 saturated heterocycles. The largest absolute Gasteiger partial charge is 0.444 e. The Balaban J connectivity index is 1.34. The molecule has 0 radical (unpaired) electrons. The van der Waals surface area contributed by atoms with Crippen LogP contribution in [0.4, 0.5) is 16.3 Å². The molecule has 10 nitrogen and oxygen atoms in total. The minimum atomic E-state index is -0.608. The highest BCUT2D eigenvalue weighted by Crippen LogP contribution is 2.40. The predicted octanol–water partition coefficient (Wildman–Crippen LogP) is 5.35. The third-order valence-corrected chi connectivity index (χ3v) is 9.10. The number of aromatic nitrogens is 2. The number of piperazine rings is 1. The molecule has 1 aliphatic carbocycles. The van der Waals surface area contributed by atoms with E-state index in [1.54, 1.807) is 4.90 Å². The second-order valence-electron chi connectivity index (χ2n) is 13.4. The molecule has 1 aromatic heterocycles. The molecule has 0 spiro atoms. The summed E-state index contributed by atoms with van der Waals surface area (Å²) in [5, 5.41) is 12.1. The number of hydrogen-bond acceptors (Lipinski definition) is 9. The minimum Gasteiger partial charge on any atom is -0.444 e. The normalized spacial score (nSPS) is 19.8. The fourth-order valence-corrected chi connectivity index (χ4v) is 6.56. The van der Waals surface area contributed by atoms with Crippen molar-refractivity contribution < 1.29 is 14.3 Å². The molecule has 2 aliphatic heterocycles. The maximum atomic E-state index is 13.1. The lowest BCUT2D eigenvalue weighted by molar-refractivity contribution is -0.122. The highest BCUT2D eigenvalue weighted by Gasteiger charge is 2.43. The zero-order chi connectivity index (χ0) is 31.1. The van der Waals surface area contributed by atoms with Gasteiger partial charge in [-0.15, -0.1) is 0 Å². The molecule has 1 amide bonds. The summed E-state index contributed by atoms with van der Waals surface area (Å²) in [6, 6.07) is 17.3. The second-order valence-corrected chi connectivity index (χ2v) is 13.4. The van der Waals surface area contributed by atoms with Crippen LogP contribution in [-0.4, -0.2) is 83.5 Å². The van der Waals surface area contributed by atoms with E-state index in [1.165, 1.54) is 16.5 Å². The van der Waals surface area contributed by atoms with Gasteiger partial charge in [0.15, 0.2) is 5.72 Å². The summed E-state index contributed by atoms with van der Waals surface area (Å²) < 4.78 is 12.3. The van der Waals surface area contributed by atoms with Crippen molar-refractivity contribution in [2.24, 2.45) is 0 Å². The zero-order valence-electron chi connectivity index (χ0n) is 26.5. The molecule has 1 atom stereocenters. The Morgan fingerprint density at radius 3 is 2.55 bits per heavy atom. The summed E-state index contributed by atoms with van der Waals surface area (Å²) in [6.45, 7) is 8.57. The average molecular weight is 598 g/mol. The molecule has 3 aliphatic rings. The summed E-state index contributed by atoms with van der Waals surface area (Å²) in [6.07, 6.45) is 3.57. The summed E-state index contributed by atoms with van der Waals surface area (Å²) in [5.41, 5.74) is 2.25. The number of rotatable bonds is 6. The third kappa shape index (κ3) is 5.85. The summed E-state index contributed by atoms with van der Waals surface area (Å²) in [5.74, 6) is 0.850. The number of hydrogen-bond donors (Lipinski definition) is 0. The first-order chi connectivity index (χ1) is 21.1. The molecule has 3 heterocycles. The van der Waals surface area contributed by atoms with Crippen molar-refractivity contribution in [1.29, 1.82) is 5.26 Å². The molecule has 3 aromatic rings. The van der Waals surface area contributed by atoms with Gasteiger partial charge in [0.2, 0.25) is 0 Å². The Bertz CT molecular complexity index is 1570. The van der Waals surface area contributed by atoms with Gasteiger partial charge in [0.1, 0.15) is 11.4 Å². The number of nitriles is 1. The van der Waals surface area contributed by atoms with Crippen molar-refractivity contribution >= 4 is 28.4 Å². The first kappa shape index (κ1) is 29.9. The Morgan fingerprint density at radius 2 is 1.84 bits per heavy atom. The van der Waals surface area contributed by atoms with Crippen LogP contribution in [0.3, 0.4) is 0 Å². The van der Waals surface area contributed by atoms with Crippen LogP contribution in [0.15, 0.2) is 42.5 Å². The second kappa shape index (κ2) is 11.8. The van der Waals surface area contributed by atoms with Gasteiger partial charge in [-0.05, 0) is 59.2 Å². The van der Waals surface area contributed by atoms with Crippen LogP contribution in [-0.2, 0) is 17.7 Å². The molecule has 232 valence electrons. The molecule has 1 saturated carbocycles. The van der Waals surface area contributed by atoms with Crippen molar-refractivity contribution in [3.63, 3.8) is 0 Å². The van der Waals surface area contributed by atoms with Crippen LogP contribution in [0, 0.1) is 11.3 Å². The number of anilines is 2. The molecule has 44 heavy (non-hydrogen) atoms. The van der Waals surface area contributed by atoms with E-state index in [-0.39, 0.29) is 18.6 Å². The van der Waals surface area contributed by atoms with Gasteiger partial charge in [-0.3, -0.25) is 4.90 Å². The number of amides is 1. The number of fused-ring (bicyclic) bond motifs is 2. The van der Waals surface area contributed by atoms with E-state index in [2.05, 4.69) is 63.2 Å². The topological polar surface area (TPSA) is 98.1 Å². The van der Waals surface area contributed by atoms with Gasteiger partial charge in [0.25, 0.3) is 0 Å². The van der Waals surface area contributed by atoms with E-state index >= 15 is 0 Å². The minimum absolute atomic E-state index is 0.213. The maximum Gasteiger partial charge on any atom is 0.410 e. The maximum absolute atomic E-state index is 13.1. The molecule has 2 fully saturated rings. The number of nitrogens with zero attached hydrogens (tertiary/aromatic N) is 7. The van der Waals surface area contributed by atoms with E-state index in [1.807, 2.05) is 34.9 Å².